The Labute approximate surface area is 184 Å². The maximum atomic E-state index is 12.6. The van der Waals surface area contributed by atoms with Crippen LogP contribution in [-0.2, 0) is 9.59 Å². The van der Waals surface area contributed by atoms with Crippen molar-refractivity contribution >= 4 is 67.3 Å². The van der Waals surface area contributed by atoms with E-state index in [1.165, 1.54) is 6.07 Å². The van der Waals surface area contributed by atoms with Crippen LogP contribution in [-0.4, -0.2) is 33.6 Å². The Balaban J connectivity index is 1.49. The highest BCUT2D eigenvalue weighted by Crippen LogP contribution is 2.33. The molecule has 3 amide bonds. The van der Waals surface area contributed by atoms with Gasteiger partial charge in [-0.2, -0.15) is 0 Å². The Kier molecular flexibility index (Phi) is 5.61. The first kappa shape index (κ1) is 20.2. The fourth-order valence-electron chi connectivity index (χ4n) is 3.07. The number of aromatic hydroxyl groups is 1. The lowest BCUT2D eigenvalue weighted by Crippen LogP contribution is -2.36. The molecule has 1 aliphatic rings. The number of nitrogens with one attached hydrogen (secondary N) is 1. The summed E-state index contributed by atoms with van der Waals surface area (Å²) in [7, 11) is 0. The molecule has 1 saturated heterocycles. The van der Waals surface area contributed by atoms with Crippen LogP contribution in [0.3, 0.4) is 0 Å². The largest absolute Gasteiger partial charge is 0.507 e. The van der Waals surface area contributed by atoms with Crippen LogP contribution in [0.25, 0.3) is 16.8 Å². The molecule has 8 heteroatoms. The molecule has 0 aromatic heterocycles. The van der Waals surface area contributed by atoms with E-state index in [4.69, 9.17) is 0 Å². The molecule has 1 heterocycles. The first-order valence-electron chi connectivity index (χ1n) is 8.94. The van der Waals surface area contributed by atoms with Gasteiger partial charge in [0.15, 0.2) is 0 Å². The normalized spacial score (nSPS) is 15.2. The van der Waals surface area contributed by atoms with Gasteiger partial charge in [-0.1, -0.05) is 42.5 Å². The van der Waals surface area contributed by atoms with Crippen molar-refractivity contribution in [2.45, 2.75) is 0 Å². The van der Waals surface area contributed by atoms with Crippen LogP contribution >= 0.6 is 27.7 Å². The number of benzene rings is 3. The third-order valence-corrected chi connectivity index (χ3v) is 6.05. The highest BCUT2D eigenvalue weighted by molar-refractivity contribution is 9.10. The molecular formula is C22H15BrN2O4S. The quantitative estimate of drug-likeness (QED) is 0.511. The average molecular weight is 483 g/mol. The van der Waals surface area contributed by atoms with Crippen LogP contribution in [0.1, 0.15) is 5.56 Å². The monoisotopic (exact) mass is 482 g/mol. The first-order valence-corrected chi connectivity index (χ1v) is 10.5. The predicted molar refractivity (Wildman–Crippen MR) is 121 cm³/mol. The standard InChI is InChI=1S/C22H15BrN2O4S/c23-16-10-13(8-9-18(16)26)11-19-21(28)25(22(29)30-19)12-20(27)24-17-7-3-5-14-4-1-2-6-15(14)17/h1-11,26H,12H2,(H,24,27)/b19-11-. The zero-order valence-electron chi connectivity index (χ0n) is 15.5. The number of nitrogens with zero attached hydrogens (tertiary/aromatic N) is 1. The molecule has 3 aromatic carbocycles. The number of imide groups is 1. The molecule has 0 unspecified atom stereocenters. The number of amides is 3. The topological polar surface area (TPSA) is 86.7 Å². The van der Waals surface area contributed by atoms with E-state index >= 15 is 0 Å². The summed E-state index contributed by atoms with van der Waals surface area (Å²) in [5, 5.41) is 13.7. The summed E-state index contributed by atoms with van der Waals surface area (Å²) in [5.41, 5.74) is 1.26. The van der Waals surface area contributed by atoms with Gasteiger partial charge in [0.2, 0.25) is 5.91 Å². The third-order valence-electron chi connectivity index (χ3n) is 4.51. The third kappa shape index (κ3) is 4.10. The molecule has 6 nitrogen and oxygen atoms in total. The lowest BCUT2D eigenvalue weighted by Gasteiger charge is -2.13. The molecule has 3 aromatic rings. The van der Waals surface area contributed by atoms with Crippen molar-refractivity contribution in [3.8, 4) is 5.75 Å². The Hall–Kier alpha value is -3.10. The van der Waals surface area contributed by atoms with Crippen molar-refractivity contribution in [2.75, 3.05) is 11.9 Å². The minimum atomic E-state index is -0.526. The molecule has 150 valence electrons. The molecule has 0 bridgehead atoms. The van der Waals surface area contributed by atoms with Gasteiger partial charge in [0.25, 0.3) is 11.1 Å². The summed E-state index contributed by atoms with van der Waals surface area (Å²) in [6.07, 6.45) is 1.55. The van der Waals surface area contributed by atoms with Crippen LogP contribution in [0, 0.1) is 0 Å². The Morgan fingerprint density at radius 2 is 1.87 bits per heavy atom. The number of carbonyl (C=O) groups excluding carboxylic acids is 3. The molecule has 30 heavy (non-hydrogen) atoms. The van der Waals surface area contributed by atoms with E-state index in [9.17, 15) is 19.5 Å². The lowest BCUT2D eigenvalue weighted by molar-refractivity contribution is -0.127. The van der Waals surface area contributed by atoms with Gasteiger partial charge in [0.05, 0.1) is 9.38 Å². The van der Waals surface area contributed by atoms with Gasteiger partial charge in [0.1, 0.15) is 12.3 Å². The van der Waals surface area contributed by atoms with Crippen molar-refractivity contribution in [1.82, 2.24) is 4.90 Å². The van der Waals surface area contributed by atoms with Crippen LogP contribution < -0.4 is 5.32 Å². The fourth-order valence-corrected chi connectivity index (χ4v) is 4.30. The molecular weight excluding hydrogens is 468 g/mol. The second kappa shape index (κ2) is 8.33. The van der Waals surface area contributed by atoms with E-state index < -0.39 is 17.1 Å². The van der Waals surface area contributed by atoms with Gasteiger partial charge < -0.3 is 10.4 Å². The Bertz CT molecular complexity index is 1220. The van der Waals surface area contributed by atoms with Crippen molar-refractivity contribution in [3.63, 3.8) is 0 Å². The molecule has 0 aliphatic carbocycles. The summed E-state index contributed by atoms with van der Waals surface area (Å²) in [6, 6.07) is 17.9. The molecule has 4 rings (SSSR count). The zero-order chi connectivity index (χ0) is 21.3. The molecule has 0 saturated carbocycles. The van der Waals surface area contributed by atoms with Crippen LogP contribution in [0.4, 0.5) is 10.5 Å². The number of fused-ring (bicyclic) bond motifs is 1. The van der Waals surface area contributed by atoms with Gasteiger partial charge in [-0.15, -0.1) is 0 Å². The van der Waals surface area contributed by atoms with E-state index in [0.717, 1.165) is 27.4 Å². The number of halogens is 1. The van der Waals surface area contributed by atoms with Gasteiger partial charge >= 0.3 is 0 Å². The number of carbonyl (C=O) groups is 3. The highest BCUT2D eigenvalue weighted by Gasteiger charge is 2.36. The second-order valence-electron chi connectivity index (χ2n) is 6.55. The number of hydrogen-bond acceptors (Lipinski definition) is 5. The summed E-state index contributed by atoms with van der Waals surface area (Å²) in [5.74, 6) is -0.907. The highest BCUT2D eigenvalue weighted by atomic mass is 79.9. The number of thioether (sulfide) groups is 1. The molecule has 0 radical (unpaired) electrons. The number of phenols is 1. The Morgan fingerprint density at radius 3 is 2.67 bits per heavy atom. The van der Waals surface area contributed by atoms with Gasteiger partial charge in [0, 0.05) is 11.1 Å². The van der Waals surface area contributed by atoms with Gasteiger partial charge in [-0.05, 0) is 62.9 Å². The van der Waals surface area contributed by atoms with E-state index in [1.54, 1.807) is 24.3 Å². The Morgan fingerprint density at radius 1 is 1.10 bits per heavy atom. The van der Waals surface area contributed by atoms with Crippen molar-refractivity contribution in [3.05, 3.63) is 75.6 Å². The maximum Gasteiger partial charge on any atom is 0.294 e. The van der Waals surface area contributed by atoms with E-state index in [1.807, 2.05) is 36.4 Å². The van der Waals surface area contributed by atoms with Crippen molar-refractivity contribution in [2.24, 2.45) is 0 Å². The molecule has 1 aliphatic heterocycles. The minimum Gasteiger partial charge on any atom is -0.507 e. The maximum absolute atomic E-state index is 12.6. The molecule has 0 spiro atoms. The smallest absolute Gasteiger partial charge is 0.294 e. The van der Waals surface area contributed by atoms with Crippen LogP contribution in [0.2, 0.25) is 0 Å². The fraction of sp³-hybridized carbons (Fsp3) is 0.0455. The lowest BCUT2D eigenvalue weighted by atomic mass is 10.1. The number of phenolic OH excluding ortho intramolecular Hbond substituents is 1. The molecule has 2 N–H and O–H groups in total. The second-order valence-corrected chi connectivity index (χ2v) is 8.40. The van der Waals surface area contributed by atoms with Gasteiger partial charge in [-0.3, -0.25) is 19.3 Å². The average Bonchev–Trinajstić information content (AvgIpc) is 2.98. The predicted octanol–water partition coefficient (Wildman–Crippen LogP) is 4.98. The van der Waals surface area contributed by atoms with E-state index in [2.05, 4.69) is 21.2 Å². The van der Waals surface area contributed by atoms with Crippen molar-refractivity contribution < 1.29 is 19.5 Å². The minimum absolute atomic E-state index is 0.0744. The number of rotatable bonds is 4. The van der Waals surface area contributed by atoms with E-state index in [0.29, 0.717) is 15.7 Å². The van der Waals surface area contributed by atoms with Gasteiger partial charge in [-0.25, -0.2) is 0 Å². The van der Waals surface area contributed by atoms with Crippen LogP contribution in [0.15, 0.2) is 70.0 Å². The molecule has 1 fully saturated rings. The molecule has 0 atom stereocenters. The number of anilines is 1. The summed E-state index contributed by atoms with van der Waals surface area (Å²) >= 11 is 3.99. The summed E-state index contributed by atoms with van der Waals surface area (Å²) in [4.78, 5) is 38.6. The van der Waals surface area contributed by atoms with E-state index in [-0.39, 0.29) is 17.2 Å². The first-order chi connectivity index (χ1) is 14.4. The number of hydrogen-bond donors (Lipinski definition) is 2. The summed E-state index contributed by atoms with van der Waals surface area (Å²) < 4.78 is 0.477. The zero-order valence-corrected chi connectivity index (χ0v) is 17.9. The van der Waals surface area contributed by atoms with Crippen LogP contribution in [0.5, 0.6) is 5.75 Å². The van der Waals surface area contributed by atoms with Crippen molar-refractivity contribution in [1.29, 1.82) is 0 Å². The summed E-state index contributed by atoms with van der Waals surface area (Å²) in [6.45, 7) is -0.371. The SMILES string of the molecule is O=C(CN1C(=O)S/C(=C\c2ccc(O)c(Br)c2)C1=O)Nc1cccc2ccccc12.